The number of ketones is 1. The number of likely N-dealkylation sites (N-methyl/N-ethyl adjacent to an activating group) is 1. The van der Waals surface area contributed by atoms with Crippen LogP contribution in [0, 0.1) is 11.6 Å². The molecule has 0 aromatic heterocycles. The first-order chi connectivity index (χ1) is 10.8. The number of nitrogens with zero attached hydrogens (tertiary/aromatic N) is 2. The summed E-state index contributed by atoms with van der Waals surface area (Å²) in [5.74, 6) is -4.56. The minimum absolute atomic E-state index is 0.139. The fourth-order valence-electron chi connectivity index (χ4n) is 1.90. The summed E-state index contributed by atoms with van der Waals surface area (Å²) in [7, 11) is 1.40. The largest absolute Gasteiger partial charge is 0.456 e. The number of carbonyl (C=O) groups is 4. The van der Waals surface area contributed by atoms with Crippen molar-refractivity contribution < 1.29 is 32.7 Å². The van der Waals surface area contributed by atoms with Crippen LogP contribution >= 0.6 is 0 Å². The van der Waals surface area contributed by atoms with Gasteiger partial charge in [0.15, 0.2) is 24.0 Å². The second-order valence-electron chi connectivity index (χ2n) is 4.83. The molecule has 122 valence electrons. The van der Waals surface area contributed by atoms with Crippen LogP contribution in [0.1, 0.15) is 10.4 Å². The van der Waals surface area contributed by atoms with Gasteiger partial charge in [0.1, 0.15) is 13.1 Å². The summed E-state index contributed by atoms with van der Waals surface area (Å²) in [6.45, 7) is -1.47. The number of urea groups is 1. The van der Waals surface area contributed by atoms with Crippen molar-refractivity contribution in [2.24, 2.45) is 0 Å². The second-order valence-corrected chi connectivity index (χ2v) is 4.83. The topological polar surface area (TPSA) is 84.0 Å². The van der Waals surface area contributed by atoms with E-state index in [0.29, 0.717) is 11.0 Å². The van der Waals surface area contributed by atoms with E-state index in [2.05, 4.69) is 4.74 Å². The van der Waals surface area contributed by atoms with Crippen LogP contribution in [0.3, 0.4) is 0 Å². The predicted molar refractivity (Wildman–Crippen MR) is 71.4 cm³/mol. The minimum atomic E-state index is -1.20. The highest BCUT2D eigenvalue weighted by atomic mass is 19.2. The Bertz CT molecular complexity index is 692. The van der Waals surface area contributed by atoms with Gasteiger partial charge in [-0.2, -0.15) is 0 Å². The fourth-order valence-corrected chi connectivity index (χ4v) is 1.90. The van der Waals surface area contributed by atoms with Gasteiger partial charge in [-0.1, -0.05) is 0 Å². The summed E-state index contributed by atoms with van der Waals surface area (Å²) in [4.78, 5) is 48.1. The lowest BCUT2D eigenvalue weighted by molar-refractivity contribution is -0.145. The van der Waals surface area contributed by atoms with Crippen molar-refractivity contribution in [2.45, 2.75) is 0 Å². The van der Waals surface area contributed by atoms with Gasteiger partial charge in [-0.05, 0) is 18.2 Å². The smallest absolute Gasteiger partial charge is 0.327 e. The van der Waals surface area contributed by atoms with E-state index in [1.807, 2.05) is 0 Å². The van der Waals surface area contributed by atoms with E-state index < -0.39 is 48.5 Å². The van der Waals surface area contributed by atoms with Gasteiger partial charge < -0.3 is 9.64 Å². The Morgan fingerprint density at radius 1 is 1.22 bits per heavy atom. The second kappa shape index (κ2) is 6.51. The summed E-state index contributed by atoms with van der Waals surface area (Å²) in [5, 5.41) is 0. The van der Waals surface area contributed by atoms with Crippen LogP contribution in [-0.4, -0.2) is 60.2 Å². The summed E-state index contributed by atoms with van der Waals surface area (Å²) in [5.41, 5.74) is -0.162. The first kappa shape index (κ1) is 16.5. The van der Waals surface area contributed by atoms with Crippen molar-refractivity contribution >= 4 is 23.7 Å². The first-order valence-corrected chi connectivity index (χ1v) is 6.49. The zero-order chi connectivity index (χ0) is 17.1. The molecule has 1 aliphatic rings. The van der Waals surface area contributed by atoms with Gasteiger partial charge in [-0.15, -0.1) is 0 Å². The van der Waals surface area contributed by atoms with Crippen molar-refractivity contribution in [1.82, 2.24) is 9.80 Å². The monoisotopic (exact) mass is 326 g/mol. The number of hydrogen-bond donors (Lipinski definition) is 0. The van der Waals surface area contributed by atoms with Crippen LogP contribution in [0.25, 0.3) is 0 Å². The zero-order valence-corrected chi connectivity index (χ0v) is 12.0. The molecule has 0 radical (unpaired) electrons. The molecule has 2 rings (SSSR count). The number of imide groups is 1. The average molecular weight is 326 g/mol. The highest BCUT2D eigenvalue weighted by molar-refractivity contribution is 6.04. The van der Waals surface area contributed by atoms with Crippen molar-refractivity contribution in [1.29, 1.82) is 0 Å². The molecule has 1 aromatic carbocycles. The van der Waals surface area contributed by atoms with Crippen molar-refractivity contribution in [2.75, 3.05) is 26.7 Å². The fraction of sp³-hybridized carbons (Fsp3) is 0.286. The molecule has 0 saturated carbocycles. The van der Waals surface area contributed by atoms with Gasteiger partial charge in [0.05, 0.1) is 0 Å². The minimum Gasteiger partial charge on any atom is -0.456 e. The highest BCUT2D eigenvalue weighted by Gasteiger charge is 2.35. The molecule has 0 bridgehead atoms. The van der Waals surface area contributed by atoms with E-state index >= 15 is 0 Å². The lowest BCUT2D eigenvalue weighted by Crippen LogP contribution is -2.37. The van der Waals surface area contributed by atoms with Gasteiger partial charge in [0.2, 0.25) is 0 Å². The molecule has 0 spiro atoms. The Kier molecular flexibility index (Phi) is 4.68. The Labute approximate surface area is 129 Å². The standard InChI is InChI=1S/C14H12F2N2O5/c1-17-5-12(20)18(14(17)22)6-13(21)23-7-11(19)8-2-3-9(15)10(16)4-8/h2-4H,5-7H2,1H3. The molecule has 1 fully saturated rings. The number of halogens is 2. The Balaban J connectivity index is 1.89. The molecule has 0 aliphatic carbocycles. The third-order valence-electron chi connectivity index (χ3n) is 3.12. The molecule has 3 amide bonds. The number of benzene rings is 1. The van der Waals surface area contributed by atoms with Crippen molar-refractivity contribution in [3.63, 3.8) is 0 Å². The molecule has 1 aromatic rings. The summed E-state index contributed by atoms with van der Waals surface area (Å²) >= 11 is 0. The molecule has 9 heteroatoms. The maximum Gasteiger partial charge on any atom is 0.327 e. The van der Waals surface area contributed by atoms with Gasteiger partial charge in [-0.25, -0.2) is 13.6 Å². The van der Waals surface area contributed by atoms with Crippen LogP contribution in [0.2, 0.25) is 0 Å². The van der Waals surface area contributed by atoms with E-state index in [4.69, 9.17) is 0 Å². The molecule has 1 heterocycles. The molecule has 0 atom stereocenters. The van der Waals surface area contributed by atoms with E-state index in [-0.39, 0.29) is 12.1 Å². The molecule has 0 N–H and O–H groups in total. The first-order valence-electron chi connectivity index (χ1n) is 6.49. The molecule has 1 aliphatic heterocycles. The lowest BCUT2D eigenvalue weighted by Gasteiger charge is -2.13. The number of carbonyl (C=O) groups excluding carboxylic acids is 4. The average Bonchev–Trinajstić information content (AvgIpc) is 2.74. The molecular formula is C14H12F2N2O5. The van der Waals surface area contributed by atoms with E-state index in [9.17, 15) is 28.0 Å². The van der Waals surface area contributed by atoms with E-state index in [0.717, 1.165) is 17.0 Å². The van der Waals surface area contributed by atoms with Crippen LogP contribution in [0.5, 0.6) is 0 Å². The lowest BCUT2D eigenvalue weighted by atomic mass is 10.1. The number of hydrogen-bond acceptors (Lipinski definition) is 5. The van der Waals surface area contributed by atoms with Crippen molar-refractivity contribution in [3.8, 4) is 0 Å². The third-order valence-corrected chi connectivity index (χ3v) is 3.12. The van der Waals surface area contributed by atoms with Crippen LogP contribution in [0.15, 0.2) is 18.2 Å². The Morgan fingerprint density at radius 3 is 2.48 bits per heavy atom. The number of rotatable bonds is 5. The molecular weight excluding hydrogens is 314 g/mol. The molecule has 23 heavy (non-hydrogen) atoms. The number of esters is 1. The molecule has 7 nitrogen and oxygen atoms in total. The maximum absolute atomic E-state index is 13.0. The van der Waals surface area contributed by atoms with Gasteiger partial charge in [0.25, 0.3) is 5.91 Å². The molecule has 0 unspecified atom stereocenters. The molecule has 1 saturated heterocycles. The zero-order valence-electron chi connectivity index (χ0n) is 12.0. The maximum atomic E-state index is 13.0. The van der Waals surface area contributed by atoms with Gasteiger partial charge in [-0.3, -0.25) is 19.3 Å². The predicted octanol–water partition coefficient (Wildman–Crippen LogP) is 0.585. The summed E-state index contributed by atoms with van der Waals surface area (Å²) < 4.78 is 30.4. The quantitative estimate of drug-likeness (QED) is 0.449. The summed E-state index contributed by atoms with van der Waals surface area (Å²) in [6, 6.07) is 1.88. The Morgan fingerprint density at radius 2 is 1.91 bits per heavy atom. The van der Waals surface area contributed by atoms with E-state index in [1.165, 1.54) is 7.05 Å². The van der Waals surface area contributed by atoms with Crippen LogP contribution in [-0.2, 0) is 14.3 Å². The van der Waals surface area contributed by atoms with Gasteiger partial charge in [0, 0.05) is 12.6 Å². The third kappa shape index (κ3) is 3.68. The number of Topliss-reactive ketones (excluding diaryl/α,β-unsaturated/α-hetero) is 1. The van der Waals surface area contributed by atoms with Crippen LogP contribution in [0.4, 0.5) is 13.6 Å². The number of amides is 3. The highest BCUT2D eigenvalue weighted by Crippen LogP contribution is 2.10. The van der Waals surface area contributed by atoms with E-state index in [1.54, 1.807) is 0 Å². The van der Waals surface area contributed by atoms with Gasteiger partial charge >= 0.3 is 12.0 Å². The normalized spacial score (nSPS) is 14.4. The van der Waals surface area contributed by atoms with Crippen LogP contribution < -0.4 is 0 Å². The SMILES string of the molecule is CN1CC(=O)N(CC(=O)OCC(=O)c2ccc(F)c(F)c2)C1=O. The Hall–Kier alpha value is -2.84. The number of ether oxygens (including phenoxy) is 1. The summed E-state index contributed by atoms with van der Waals surface area (Å²) in [6.07, 6.45) is 0. The van der Waals surface area contributed by atoms with Crippen molar-refractivity contribution in [3.05, 3.63) is 35.4 Å².